The monoisotopic (exact) mass is 311 g/mol. The van der Waals surface area contributed by atoms with Crippen LogP contribution in [-0.2, 0) is 6.42 Å². The highest BCUT2D eigenvalue weighted by Gasteiger charge is 2.15. The molecule has 0 atom stereocenters. The number of fused-ring (bicyclic) bond motifs is 1. The van der Waals surface area contributed by atoms with Crippen molar-refractivity contribution in [3.63, 3.8) is 0 Å². The van der Waals surface area contributed by atoms with Gasteiger partial charge in [-0.2, -0.15) is 0 Å². The summed E-state index contributed by atoms with van der Waals surface area (Å²) in [4.78, 5) is 5.13. The van der Waals surface area contributed by atoms with Crippen molar-refractivity contribution in [1.29, 1.82) is 0 Å². The first-order chi connectivity index (χ1) is 7.99. The number of halogens is 1. The molecule has 0 aromatic carbocycles. The first-order valence-corrected chi connectivity index (χ1v) is 6.64. The Labute approximate surface area is 114 Å². The molecule has 2 aromatic rings. The Hall–Kier alpha value is -0.940. The number of imidazole rings is 1. The lowest BCUT2D eigenvalue weighted by Crippen LogP contribution is -2.14. The van der Waals surface area contributed by atoms with Gasteiger partial charge in [-0.15, -0.1) is 0 Å². The molecule has 0 saturated heterocycles. The maximum atomic E-state index is 5.66. The topological polar surface area (TPSA) is 43.3 Å². The lowest BCUT2D eigenvalue weighted by atomic mass is 10.1. The molecule has 0 fully saturated rings. The second-order valence-electron chi connectivity index (χ2n) is 4.32. The molecule has 5 heteroatoms. The molecule has 0 unspecified atom stereocenters. The molecule has 0 aliphatic rings. The number of nitrogens with two attached hydrogens (primary N) is 1. The molecule has 0 bridgehead atoms. The Balaban J connectivity index is 2.68. The fourth-order valence-corrected chi connectivity index (χ4v) is 2.36. The van der Waals surface area contributed by atoms with Crippen LogP contribution in [0.15, 0.2) is 22.8 Å². The molecular formula is C12H14BrN3S. The van der Waals surface area contributed by atoms with Crippen molar-refractivity contribution < 1.29 is 0 Å². The van der Waals surface area contributed by atoms with Gasteiger partial charge in [-0.1, -0.05) is 26.1 Å². The maximum absolute atomic E-state index is 5.66. The summed E-state index contributed by atoms with van der Waals surface area (Å²) in [5, 5.41) is 0. The SMILES string of the molecule is CC(C)c1nc2ccc(Br)cn2c1CC(N)=S. The van der Waals surface area contributed by atoms with Crippen LogP contribution in [0.5, 0.6) is 0 Å². The smallest absolute Gasteiger partial charge is 0.137 e. The Morgan fingerprint density at radius 3 is 2.82 bits per heavy atom. The largest absolute Gasteiger partial charge is 0.393 e. The van der Waals surface area contributed by atoms with Gasteiger partial charge in [0.1, 0.15) is 5.65 Å². The van der Waals surface area contributed by atoms with Crippen LogP contribution in [0, 0.1) is 0 Å². The van der Waals surface area contributed by atoms with Crippen LogP contribution in [-0.4, -0.2) is 14.4 Å². The number of pyridine rings is 1. The predicted octanol–water partition coefficient (Wildman–Crippen LogP) is 3.05. The van der Waals surface area contributed by atoms with Crippen LogP contribution in [0.1, 0.15) is 31.2 Å². The Bertz CT molecular complexity index is 574. The van der Waals surface area contributed by atoms with Crippen molar-refractivity contribution in [2.75, 3.05) is 0 Å². The molecule has 0 aliphatic heterocycles. The summed E-state index contributed by atoms with van der Waals surface area (Å²) >= 11 is 8.48. The van der Waals surface area contributed by atoms with E-state index in [0.29, 0.717) is 17.3 Å². The zero-order chi connectivity index (χ0) is 12.6. The van der Waals surface area contributed by atoms with Crippen molar-refractivity contribution in [1.82, 2.24) is 9.38 Å². The lowest BCUT2D eigenvalue weighted by molar-refractivity contribution is 0.816. The van der Waals surface area contributed by atoms with E-state index in [2.05, 4.69) is 39.2 Å². The average molecular weight is 312 g/mol. The molecule has 17 heavy (non-hydrogen) atoms. The standard InChI is InChI=1S/C12H14BrN3S/c1-7(2)12-9(5-10(14)17)16-6-8(13)3-4-11(16)15-12/h3-4,6-7H,5H2,1-2H3,(H2,14,17). The Kier molecular flexibility index (Phi) is 3.49. The van der Waals surface area contributed by atoms with E-state index in [1.54, 1.807) is 0 Å². The van der Waals surface area contributed by atoms with Gasteiger partial charge in [0.25, 0.3) is 0 Å². The molecular weight excluding hydrogens is 298 g/mol. The van der Waals surface area contributed by atoms with Crippen LogP contribution in [0.25, 0.3) is 5.65 Å². The van der Waals surface area contributed by atoms with E-state index in [1.165, 1.54) is 0 Å². The minimum Gasteiger partial charge on any atom is -0.393 e. The molecule has 90 valence electrons. The van der Waals surface area contributed by atoms with Crippen LogP contribution in [0.2, 0.25) is 0 Å². The van der Waals surface area contributed by atoms with Crippen molar-refractivity contribution >= 4 is 38.8 Å². The zero-order valence-electron chi connectivity index (χ0n) is 9.77. The summed E-state index contributed by atoms with van der Waals surface area (Å²) in [5.74, 6) is 0.359. The van der Waals surface area contributed by atoms with Gasteiger partial charge < -0.3 is 10.1 Å². The van der Waals surface area contributed by atoms with Gasteiger partial charge in [0, 0.05) is 17.1 Å². The van der Waals surface area contributed by atoms with Gasteiger partial charge in [0.15, 0.2) is 0 Å². The zero-order valence-corrected chi connectivity index (χ0v) is 12.2. The van der Waals surface area contributed by atoms with E-state index in [4.69, 9.17) is 18.0 Å². The van der Waals surface area contributed by atoms with Crippen LogP contribution in [0.4, 0.5) is 0 Å². The fraction of sp³-hybridized carbons (Fsp3) is 0.333. The number of aromatic nitrogens is 2. The van der Waals surface area contributed by atoms with E-state index in [9.17, 15) is 0 Å². The van der Waals surface area contributed by atoms with E-state index in [-0.39, 0.29) is 0 Å². The fourth-order valence-electron chi connectivity index (χ4n) is 1.89. The van der Waals surface area contributed by atoms with E-state index >= 15 is 0 Å². The predicted molar refractivity (Wildman–Crippen MR) is 77.5 cm³/mol. The normalized spacial score (nSPS) is 11.3. The summed E-state index contributed by atoms with van der Waals surface area (Å²) in [5.41, 5.74) is 8.75. The first kappa shape index (κ1) is 12.5. The van der Waals surface area contributed by atoms with Crippen molar-refractivity contribution in [3.05, 3.63) is 34.2 Å². The summed E-state index contributed by atoms with van der Waals surface area (Å²) in [6.07, 6.45) is 2.59. The number of rotatable bonds is 3. The van der Waals surface area contributed by atoms with E-state index < -0.39 is 0 Å². The third kappa shape index (κ3) is 2.50. The van der Waals surface area contributed by atoms with Crippen LogP contribution >= 0.6 is 28.1 Å². The molecule has 2 heterocycles. The van der Waals surface area contributed by atoms with Gasteiger partial charge >= 0.3 is 0 Å². The average Bonchev–Trinajstić information content (AvgIpc) is 2.56. The van der Waals surface area contributed by atoms with Gasteiger partial charge in [-0.3, -0.25) is 0 Å². The third-order valence-corrected chi connectivity index (χ3v) is 3.21. The van der Waals surface area contributed by atoms with Crippen LogP contribution in [0.3, 0.4) is 0 Å². The first-order valence-electron chi connectivity index (χ1n) is 5.43. The summed E-state index contributed by atoms with van der Waals surface area (Å²) in [7, 11) is 0. The molecule has 3 nitrogen and oxygen atoms in total. The molecule has 2 aromatic heterocycles. The van der Waals surface area contributed by atoms with Crippen molar-refractivity contribution in [3.8, 4) is 0 Å². The van der Waals surface area contributed by atoms with Gasteiger partial charge in [0.05, 0.1) is 16.4 Å². The lowest BCUT2D eigenvalue weighted by Gasteiger charge is -2.06. The summed E-state index contributed by atoms with van der Waals surface area (Å²) in [6.45, 7) is 4.25. The molecule has 2 N–H and O–H groups in total. The van der Waals surface area contributed by atoms with E-state index in [1.807, 2.05) is 18.3 Å². The van der Waals surface area contributed by atoms with Crippen LogP contribution < -0.4 is 5.73 Å². The number of hydrogen-bond acceptors (Lipinski definition) is 2. The molecule has 0 radical (unpaired) electrons. The second-order valence-corrected chi connectivity index (χ2v) is 5.76. The molecule has 0 amide bonds. The second kappa shape index (κ2) is 4.74. The third-order valence-electron chi connectivity index (χ3n) is 2.60. The van der Waals surface area contributed by atoms with E-state index in [0.717, 1.165) is 21.5 Å². The van der Waals surface area contributed by atoms with Gasteiger partial charge in [-0.05, 0) is 34.0 Å². The quantitative estimate of drug-likeness (QED) is 0.886. The minimum atomic E-state index is 0.359. The summed E-state index contributed by atoms with van der Waals surface area (Å²) in [6, 6.07) is 3.97. The molecule has 2 rings (SSSR count). The van der Waals surface area contributed by atoms with Gasteiger partial charge in [0.2, 0.25) is 0 Å². The van der Waals surface area contributed by atoms with Crippen molar-refractivity contribution in [2.24, 2.45) is 5.73 Å². The van der Waals surface area contributed by atoms with Gasteiger partial charge in [-0.25, -0.2) is 4.98 Å². The number of thiocarbonyl (C=S) groups is 1. The number of hydrogen-bond donors (Lipinski definition) is 1. The number of nitrogens with zero attached hydrogens (tertiary/aromatic N) is 2. The maximum Gasteiger partial charge on any atom is 0.137 e. The highest BCUT2D eigenvalue weighted by Crippen LogP contribution is 2.23. The minimum absolute atomic E-state index is 0.359. The highest BCUT2D eigenvalue weighted by molar-refractivity contribution is 9.10. The summed E-state index contributed by atoms with van der Waals surface area (Å²) < 4.78 is 3.07. The Morgan fingerprint density at radius 1 is 1.53 bits per heavy atom. The highest BCUT2D eigenvalue weighted by atomic mass is 79.9. The molecule has 0 saturated carbocycles. The molecule has 0 aliphatic carbocycles. The molecule has 0 spiro atoms. The van der Waals surface area contributed by atoms with Crippen molar-refractivity contribution in [2.45, 2.75) is 26.2 Å². The Morgan fingerprint density at radius 2 is 2.24 bits per heavy atom.